The molecule has 7 N–H and O–H groups in total. The second-order valence-electron chi connectivity index (χ2n) is 15.2. The van der Waals surface area contributed by atoms with Gasteiger partial charge in [-0.1, -0.05) is 60.7 Å². The number of rotatable bonds is 8. The summed E-state index contributed by atoms with van der Waals surface area (Å²) in [5.74, 6) is 0.274. The molecule has 4 aromatic rings. The Morgan fingerprint density at radius 1 is 0.649 bits per heavy atom. The van der Waals surface area contributed by atoms with Gasteiger partial charge < -0.3 is 31.9 Å². The van der Waals surface area contributed by atoms with Crippen molar-refractivity contribution in [3.63, 3.8) is 0 Å². The summed E-state index contributed by atoms with van der Waals surface area (Å²) in [4.78, 5) is 12.0. The Balaban J connectivity index is 0.000000174. The molecule has 0 radical (unpaired) electrons. The van der Waals surface area contributed by atoms with E-state index in [9.17, 15) is 31.1 Å². The summed E-state index contributed by atoms with van der Waals surface area (Å²) in [6.45, 7) is 1.67. The van der Waals surface area contributed by atoms with Gasteiger partial charge in [-0.05, 0) is 121 Å². The number of nitrogens with two attached hydrogens (primary N) is 1. The van der Waals surface area contributed by atoms with Crippen molar-refractivity contribution < 1.29 is 41.4 Å². The summed E-state index contributed by atoms with van der Waals surface area (Å²) >= 11 is 0. The zero-order valence-electron chi connectivity index (χ0n) is 31.5. The van der Waals surface area contributed by atoms with Gasteiger partial charge in [0.15, 0.2) is 0 Å². The summed E-state index contributed by atoms with van der Waals surface area (Å²) < 4.78 is 78.9. The largest absolute Gasteiger partial charge is 0.416 e. The number of fused-ring (bicyclic) bond motifs is 6. The van der Waals surface area contributed by atoms with Gasteiger partial charge >= 0.3 is 12.4 Å². The lowest BCUT2D eigenvalue weighted by atomic mass is 9.77. The van der Waals surface area contributed by atoms with Gasteiger partial charge in [-0.25, -0.2) is 0 Å². The van der Waals surface area contributed by atoms with Gasteiger partial charge in [-0.15, -0.1) is 0 Å². The number of halogens is 6. The van der Waals surface area contributed by atoms with Crippen LogP contribution in [0, 0.1) is 11.8 Å². The lowest BCUT2D eigenvalue weighted by Crippen LogP contribution is -2.30. The number of alkyl halides is 6. The Kier molecular flexibility index (Phi) is 13.6. The van der Waals surface area contributed by atoms with Gasteiger partial charge in [0.1, 0.15) is 5.78 Å². The third-order valence-corrected chi connectivity index (χ3v) is 11.5. The van der Waals surface area contributed by atoms with E-state index < -0.39 is 23.5 Å². The fraction of sp³-hybridized carbons (Fsp3) is 0.432. The molecule has 2 aliphatic heterocycles. The number of nitrogens with one attached hydrogen (secondary N) is 3. The summed E-state index contributed by atoms with van der Waals surface area (Å²) in [6, 6.07) is 28.1. The van der Waals surface area contributed by atoms with Crippen molar-refractivity contribution in [1.29, 1.82) is 0 Å². The Morgan fingerprint density at radius 2 is 1.16 bits per heavy atom. The third kappa shape index (κ3) is 10.00. The highest BCUT2D eigenvalue weighted by atomic mass is 19.4. The fourth-order valence-electron chi connectivity index (χ4n) is 8.90. The number of carbonyl (C=O) groups is 1. The number of benzene rings is 4. The lowest BCUT2D eigenvalue weighted by Gasteiger charge is -2.38. The molecule has 2 heterocycles. The molecule has 0 saturated heterocycles. The molecule has 13 heteroatoms. The van der Waals surface area contributed by atoms with Crippen LogP contribution in [-0.2, 0) is 17.1 Å². The standard InChI is InChI=1S/C22H25F3N2O.C19H16F3NO.C3H9NO/c23-22(24,25)15-7-8-20-18(11-15)17-12-16(26-9-4-10-28)13-19(17)21(27-20)14-5-2-1-3-6-14;20-19(21,22)12-6-7-17-15(8-12)14-9-13(24)10-16(14)18(23-17)11-4-2-1-3-5-11;4-2-1-3-5/h1-3,5-8,11,16-17,19,21,26-28H,4,9-10,12-13H2;1-8,14,16,18,23H,9-10H2;5H,1-4H2/t16-,17-,19-,21+;14-,16-,18+;/m11./s1. The SMILES string of the molecule is NCCCO.O=C1C[C@@H]2[C@H](C1)c1cc(C(F)(F)F)ccc1N[C@H]2c1ccccc1.OCCCN[C@H]1C[C@@H]2[C@H](C1)c1cc(C(F)(F)F)ccc1N[C@H]2c1ccccc1. The first-order valence-corrected chi connectivity index (χ1v) is 19.5. The molecule has 7 nitrogen and oxygen atoms in total. The van der Waals surface area contributed by atoms with Crippen LogP contribution in [-0.4, -0.2) is 48.3 Å². The van der Waals surface area contributed by atoms with Crippen LogP contribution in [0.1, 0.15) is 95.8 Å². The molecular weight excluding hydrogens is 746 g/mol. The molecule has 0 bridgehead atoms. The van der Waals surface area contributed by atoms with E-state index in [1.807, 2.05) is 48.5 Å². The number of aliphatic hydroxyl groups is 2. The summed E-state index contributed by atoms with van der Waals surface area (Å²) in [5, 5.41) is 27.4. The molecule has 2 fully saturated rings. The molecule has 2 saturated carbocycles. The highest BCUT2D eigenvalue weighted by Gasteiger charge is 2.46. The highest BCUT2D eigenvalue weighted by molar-refractivity contribution is 5.84. The molecule has 4 aliphatic rings. The molecular formula is C44H50F6N4O3. The normalized spacial score (nSPS) is 24.6. The van der Waals surface area contributed by atoms with Crippen molar-refractivity contribution in [2.24, 2.45) is 17.6 Å². The molecule has 7 atom stereocenters. The molecule has 306 valence electrons. The van der Waals surface area contributed by atoms with E-state index in [-0.39, 0.29) is 60.8 Å². The zero-order valence-corrected chi connectivity index (χ0v) is 31.5. The maximum absolute atomic E-state index is 13.3. The van der Waals surface area contributed by atoms with Gasteiger partial charge in [0.05, 0.1) is 23.2 Å². The van der Waals surface area contributed by atoms with Crippen LogP contribution in [0.15, 0.2) is 97.1 Å². The number of ketones is 1. The average Bonchev–Trinajstić information content (AvgIpc) is 3.82. The van der Waals surface area contributed by atoms with Crippen LogP contribution >= 0.6 is 0 Å². The summed E-state index contributed by atoms with van der Waals surface area (Å²) in [5.41, 5.74) is 8.87. The van der Waals surface area contributed by atoms with Crippen molar-refractivity contribution in [1.82, 2.24) is 5.32 Å². The quantitative estimate of drug-likeness (QED) is 0.0779. The van der Waals surface area contributed by atoms with E-state index in [1.54, 1.807) is 6.07 Å². The second kappa shape index (κ2) is 18.4. The number of anilines is 2. The molecule has 0 aromatic heterocycles. The molecule has 57 heavy (non-hydrogen) atoms. The predicted octanol–water partition coefficient (Wildman–Crippen LogP) is 8.97. The number of aliphatic hydroxyl groups excluding tert-OH is 2. The van der Waals surface area contributed by atoms with E-state index in [0.29, 0.717) is 37.1 Å². The zero-order chi connectivity index (χ0) is 40.7. The van der Waals surface area contributed by atoms with Crippen LogP contribution in [0.25, 0.3) is 0 Å². The molecule has 0 unspecified atom stereocenters. The minimum Gasteiger partial charge on any atom is -0.396 e. The Morgan fingerprint density at radius 3 is 1.63 bits per heavy atom. The lowest BCUT2D eigenvalue weighted by molar-refractivity contribution is -0.138. The first-order chi connectivity index (χ1) is 27.3. The predicted molar refractivity (Wildman–Crippen MR) is 209 cm³/mol. The third-order valence-electron chi connectivity index (χ3n) is 11.5. The van der Waals surface area contributed by atoms with Crippen molar-refractivity contribution in [3.8, 4) is 0 Å². The van der Waals surface area contributed by atoms with Crippen LogP contribution in [0.5, 0.6) is 0 Å². The van der Waals surface area contributed by atoms with Crippen molar-refractivity contribution in [3.05, 3.63) is 130 Å². The minimum atomic E-state index is -4.37. The maximum atomic E-state index is 13.3. The molecule has 4 aromatic carbocycles. The monoisotopic (exact) mass is 796 g/mol. The van der Waals surface area contributed by atoms with Crippen LogP contribution in [0.3, 0.4) is 0 Å². The summed E-state index contributed by atoms with van der Waals surface area (Å²) in [6.07, 6.45) is -4.85. The van der Waals surface area contributed by atoms with E-state index in [1.165, 1.54) is 29.8 Å². The minimum absolute atomic E-state index is 0.00381. The molecule has 0 amide bonds. The van der Waals surface area contributed by atoms with E-state index in [0.717, 1.165) is 48.7 Å². The average molecular weight is 797 g/mol. The van der Waals surface area contributed by atoms with Crippen LogP contribution in [0.2, 0.25) is 0 Å². The van der Waals surface area contributed by atoms with Gasteiger partial charge in [-0.2, -0.15) is 26.3 Å². The first kappa shape index (κ1) is 42.2. The van der Waals surface area contributed by atoms with Crippen molar-refractivity contribution in [2.45, 2.75) is 80.8 Å². The number of hydrogen-bond donors (Lipinski definition) is 6. The maximum Gasteiger partial charge on any atom is 0.416 e. The van der Waals surface area contributed by atoms with Gasteiger partial charge in [0.25, 0.3) is 0 Å². The van der Waals surface area contributed by atoms with Gasteiger partial charge in [0.2, 0.25) is 0 Å². The molecule has 2 aliphatic carbocycles. The smallest absolute Gasteiger partial charge is 0.396 e. The van der Waals surface area contributed by atoms with E-state index >= 15 is 0 Å². The molecule has 8 rings (SSSR count). The Labute approximate surface area is 329 Å². The number of Topliss-reactive ketones (excluding diaryl/α,β-unsaturated/α-hetero) is 1. The number of hydrogen-bond acceptors (Lipinski definition) is 7. The van der Waals surface area contributed by atoms with E-state index in [2.05, 4.69) is 28.1 Å². The first-order valence-electron chi connectivity index (χ1n) is 19.5. The Hall–Kier alpha value is -4.43. The van der Waals surface area contributed by atoms with Crippen LogP contribution < -0.4 is 21.7 Å². The van der Waals surface area contributed by atoms with E-state index in [4.69, 9.17) is 15.9 Å². The topological polar surface area (TPSA) is 120 Å². The van der Waals surface area contributed by atoms with Crippen molar-refractivity contribution >= 4 is 17.2 Å². The highest BCUT2D eigenvalue weighted by Crippen LogP contribution is 2.54. The van der Waals surface area contributed by atoms with Crippen LogP contribution in [0.4, 0.5) is 37.7 Å². The van der Waals surface area contributed by atoms with Gasteiger partial charge in [0, 0.05) is 43.5 Å². The Bertz CT molecular complexity index is 1930. The van der Waals surface area contributed by atoms with Gasteiger partial charge in [-0.3, -0.25) is 4.79 Å². The van der Waals surface area contributed by atoms with Crippen molar-refractivity contribution in [2.75, 3.05) is 36.9 Å². The summed E-state index contributed by atoms with van der Waals surface area (Å²) in [7, 11) is 0. The second-order valence-corrected chi connectivity index (χ2v) is 15.2. The fourth-order valence-corrected chi connectivity index (χ4v) is 8.90. The number of carbonyl (C=O) groups excluding carboxylic acids is 1. The molecule has 0 spiro atoms.